The van der Waals surface area contributed by atoms with E-state index in [4.69, 9.17) is 16.3 Å². The van der Waals surface area contributed by atoms with Crippen molar-refractivity contribution in [2.24, 2.45) is 0 Å². The van der Waals surface area contributed by atoms with E-state index in [0.717, 1.165) is 42.8 Å². The van der Waals surface area contributed by atoms with Crippen LogP contribution in [0.1, 0.15) is 24.0 Å². The second-order valence-corrected chi connectivity index (χ2v) is 7.16. The zero-order chi connectivity index (χ0) is 18.4. The number of benzene rings is 2. The van der Waals surface area contributed by atoms with Crippen LogP contribution in [0.5, 0.6) is 5.75 Å². The summed E-state index contributed by atoms with van der Waals surface area (Å²) in [6.07, 6.45) is 2.44. The molecule has 0 saturated carbocycles. The van der Waals surface area contributed by atoms with Crippen LogP contribution < -0.4 is 10.1 Å². The van der Waals surface area contributed by atoms with Crippen molar-refractivity contribution in [2.45, 2.75) is 31.9 Å². The van der Waals surface area contributed by atoms with Crippen LogP contribution in [0.2, 0.25) is 5.02 Å². The first-order valence-corrected chi connectivity index (χ1v) is 9.42. The minimum atomic E-state index is 0. The number of hydrogen-bond donors (Lipinski definition) is 1. The Hall–Kier alpha value is -1.75. The molecule has 2 aromatic rings. The predicted molar refractivity (Wildman–Crippen MR) is 112 cm³/mol. The van der Waals surface area contributed by atoms with Gasteiger partial charge in [0.1, 0.15) is 12.4 Å². The summed E-state index contributed by atoms with van der Waals surface area (Å²) in [4.78, 5) is 14.5. The van der Waals surface area contributed by atoms with Crippen LogP contribution in [0.25, 0.3) is 0 Å². The van der Waals surface area contributed by atoms with E-state index in [9.17, 15) is 4.79 Å². The van der Waals surface area contributed by atoms with Crippen molar-refractivity contribution in [3.8, 4) is 5.75 Å². The van der Waals surface area contributed by atoms with Crippen LogP contribution in [-0.2, 0) is 17.8 Å². The van der Waals surface area contributed by atoms with Crippen LogP contribution >= 0.6 is 24.0 Å². The van der Waals surface area contributed by atoms with Gasteiger partial charge in [0.15, 0.2) is 0 Å². The molecule has 1 aliphatic heterocycles. The van der Waals surface area contributed by atoms with Gasteiger partial charge in [-0.3, -0.25) is 4.79 Å². The second-order valence-electron chi connectivity index (χ2n) is 6.73. The molecule has 0 aromatic heterocycles. The Morgan fingerprint density at radius 3 is 2.56 bits per heavy atom. The molecule has 0 aliphatic carbocycles. The second kappa shape index (κ2) is 10.5. The van der Waals surface area contributed by atoms with Crippen LogP contribution in [0.15, 0.2) is 48.5 Å². The summed E-state index contributed by atoms with van der Waals surface area (Å²) in [5.74, 6) is 0.932. The first kappa shape index (κ1) is 21.5. The number of nitrogens with one attached hydrogen (secondary N) is 1. The van der Waals surface area contributed by atoms with Crippen molar-refractivity contribution in [1.82, 2.24) is 10.2 Å². The molecule has 1 amide bonds. The van der Waals surface area contributed by atoms with E-state index in [-0.39, 0.29) is 18.3 Å². The monoisotopic (exact) mass is 408 g/mol. The summed E-state index contributed by atoms with van der Waals surface area (Å²) in [5.41, 5.74) is 2.03. The van der Waals surface area contributed by atoms with Gasteiger partial charge >= 0.3 is 0 Å². The lowest BCUT2D eigenvalue weighted by atomic mass is 10.0. The lowest BCUT2D eigenvalue weighted by Crippen LogP contribution is -2.44. The average Bonchev–Trinajstić information content (AvgIpc) is 2.68. The maximum Gasteiger partial charge on any atom is 0.226 e. The number of likely N-dealkylation sites (N-methyl/N-ethyl adjacent to an activating group) is 1. The van der Waals surface area contributed by atoms with Gasteiger partial charge in [0, 0.05) is 18.1 Å². The van der Waals surface area contributed by atoms with Gasteiger partial charge in [0.2, 0.25) is 5.91 Å². The van der Waals surface area contributed by atoms with Gasteiger partial charge in [-0.25, -0.2) is 0 Å². The van der Waals surface area contributed by atoms with E-state index in [1.165, 1.54) is 0 Å². The molecule has 0 atom stereocenters. The molecule has 146 valence electrons. The Morgan fingerprint density at radius 2 is 1.85 bits per heavy atom. The third-order valence-electron chi connectivity index (χ3n) is 4.82. The number of piperidine rings is 1. The first-order valence-electron chi connectivity index (χ1n) is 9.04. The van der Waals surface area contributed by atoms with Crippen molar-refractivity contribution < 1.29 is 9.53 Å². The highest BCUT2D eigenvalue weighted by molar-refractivity contribution is 6.30. The highest BCUT2D eigenvalue weighted by atomic mass is 35.5. The van der Waals surface area contributed by atoms with E-state index < -0.39 is 0 Å². The van der Waals surface area contributed by atoms with E-state index in [1.807, 2.05) is 60.5 Å². The number of carbonyl (C=O) groups is 1. The Labute approximate surface area is 172 Å². The summed E-state index contributed by atoms with van der Waals surface area (Å²) in [7, 11) is 1.92. The zero-order valence-electron chi connectivity index (χ0n) is 15.5. The number of hydrogen-bond acceptors (Lipinski definition) is 3. The molecule has 1 heterocycles. The molecule has 1 fully saturated rings. The fraction of sp³-hybridized carbons (Fsp3) is 0.381. The van der Waals surface area contributed by atoms with Crippen molar-refractivity contribution in [3.05, 3.63) is 64.7 Å². The predicted octanol–water partition coefficient (Wildman–Crippen LogP) is 4.09. The van der Waals surface area contributed by atoms with Gasteiger partial charge in [-0.1, -0.05) is 35.9 Å². The first-order chi connectivity index (χ1) is 12.6. The van der Waals surface area contributed by atoms with Gasteiger partial charge in [0.05, 0.1) is 6.42 Å². The lowest BCUT2D eigenvalue weighted by molar-refractivity contribution is -0.131. The molecule has 1 aliphatic rings. The minimum Gasteiger partial charge on any atom is -0.489 e. The average molecular weight is 409 g/mol. The zero-order valence-corrected chi connectivity index (χ0v) is 17.1. The summed E-state index contributed by atoms with van der Waals surface area (Å²) in [6, 6.07) is 15.7. The molecule has 27 heavy (non-hydrogen) atoms. The van der Waals surface area contributed by atoms with Gasteiger partial charge in [-0.2, -0.15) is 0 Å². The Kier molecular flexibility index (Phi) is 8.42. The highest BCUT2D eigenvalue weighted by Crippen LogP contribution is 2.18. The fourth-order valence-corrected chi connectivity index (χ4v) is 3.32. The smallest absolute Gasteiger partial charge is 0.226 e. The Balaban J connectivity index is 0.00000261. The third kappa shape index (κ3) is 6.42. The van der Waals surface area contributed by atoms with E-state index in [2.05, 4.69) is 5.32 Å². The van der Waals surface area contributed by atoms with Gasteiger partial charge < -0.3 is 15.0 Å². The number of amides is 1. The molecular formula is C21H26Cl2N2O2. The number of ether oxygens (including phenoxy) is 1. The molecule has 4 nitrogen and oxygen atoms in total. The molecular weight excluding hydrogens is 383 g/mol. The molecule has 0 radical (unpaired) electrons. The summed E-state index contributed by atoms with van der Waals surface area (Å²) < 4.78 is 5.85. The maximum absolute atomic E-state index is 12.6. The molecule has 1 saturated heterocycles. The van der Waals surface area contributed by atoms with Crippen molar-refractivity contribution in [1.29, 1.82) is 0 Å². The van der Waals surface area contributed by atoms with E-state index in [0.29, 0.717) is 24.1 Å². The largest absolute Gasteiger partial charge is 0.489 e. The molecule has 0 spiro atoms. The summed E-state index contributed by atoms with van der Waals surface area (Å²) >= 11 is 5.90. The molecule has 3 rings (SSSR count). The van der Waals surface area contributed by atoms with Crippen LogP contribution in [0, 0.1) is 0 Å². The van der Waals surface area contributed by atoms with Crippen LogP contribution in [0.4, 0.5) is 0 Å². The number of halogens is 2. The number of carbonyl (C=O) groups excluding carboxylic acids is 1. The fourth-order valence-electron chi connectivity index (χ4n) is 3.19. The van der Waals surface area contributed by atoms with Gasteiger partial charge in [0.25, 0.3) is 0 Å². The SMILES string of the molecule is CN(C(=O)Cc1cccc(OCc2ccc(Cl)cc2)c1)C1CCNCC1.Cl. The standard InChI is InChI=1S/C21H25ClN2O2.ClH/c1-24(19-9-11-23-12-10-19)21(25)14-17-3-2-4-20(13-17)26-15-16-5-7-18(22)8-6-16;/h2-8,13,19,23H,9-12,14-15H2,1H3;1H. The highest BCUT2D eigenvalue weighted by Gasteiger charge is 2.21. The van der Waals surface area contributed by atoms with E-state index in [1.54, 1.807) is 0 Å². The van der Waals surface area contributed by atoms with Crippen LogP contribution in [0.3, 0.4) is 0 Å². The third-order valence-corrected chi connectivity index (χ3v) is 5.07. The molecule has 2 aromatic carbocycles. The van der Waals surface area contributed by atoms with Gasteiger partial charge in [-0.05, 0) is 61.3 Å². The molecule has 0 unspecified atom stereocenters. The Bertz CT molecular complexity index is 731. The summed E-state index contributed by atoms with van der Waals surface area (Å²) in [6.45, 7) is 2.44. The lowest BCUT2D eigenvalue weighted by Gasteiger charge is -2.31. The quantitative estimate of drug-likeness (QED) is 0.782. The van der Waals surface area contributed by atoms with Gasteiger partial charge in [-0.15, -0.1) is 12.4 Å². The van der Waals surface area contributed by atoms with E-state index >= 15 is 0 Å². The summed E-state index contributed by atoms with van der Waals surface area (Å²) in [5, 5.41) is 4.05. The molecule has 0 bridgehead atoms. The minimum absolute atomic E-state index is 0. The van der Waals surface area contributed by atoms with Crippen molar-refractivity contribution in [2.75, 3.05) is 20.1 Å². The number of nitrogens with zero attached hydrogens (tertiary/aromatic N) is 1. The molecule has 1 N–H and O–H groups in total. The Morgan fingerprint density at radius 1 is 1.15 bits per heavy atom. The normalized spacial score (nSPS) is 14.3. The number of rotatable bonds is 6. The van der Waals surface area contributed by atoms with Crippen molar-refractivity contribution in [3.63, 3.8) is 0 Å². The maximum atomic E-state index is 12.6. The van der Waals surface area contributed by atoms with Crippen molar-refractivity contribution >= 4 is 29.9 Å². The molecule has 6 heteroatoms. The van der Waals surface area contributed by atoms with Crippen LogP contribution in [-0.4, -0.2) is 37.0 Å². The topological polar surface area (TPSA) is 41.6 Å².